The Morgan fingerprint density at radius 2 is 1.61 bits per heavy atom. The summed E-state index contributed by atoms with van der Waals surface area (Å²) in [5.41, 5.74) is -2.77. The lowest BCUT2D eigenvalue weighted by atomic mass is 9.80. The van der Waals surface area contributed by atoms with Crippen LogP contribution in [0.15, 0.2) is 17.3 Å². The van der Waals surface area contributed by atoms with Gasteiger partial charge in [-0.25, -0.2) is 13.4 Å². The zero-order chi connectivity index (χ0) is 17.8. The highest BCUT2D eigenvalue weighted by Crippen LogP contribution is 2.37. The second-order valence-electron chi connectivity index (χ2n) is 6.48. The third-order valence-corrected chi connectivity index (χ3v) is 5.08. The Labute approximate surface area is 133 Å². The molecule has 2 rings (SSSR count). The second kappa shape index (κ2) is 5.19. The quantitative estimate of drug-likeness (QED) is 0.761. The molecule has 2 heterocycles. The van der Waals surface area contributed by atoms with Crippen LogP contribution in [-0.4, -0.2) is 38.0 Å². The van der Waals surface area contributed by atoms with Gasteiger partial charge < -0.3 is 9.31 Å². The van der Waals surface area contributed by atoms with Gasteiger partial charge in [0.2, 0.25) is 0 Å². The van der Waals surface area contributed by atoms with Crippen LogP contribution in [0, 0.1) is 0 Å². The molecule has 0 unspecified atom stereocenters. The molecule has 0 bridgehead atoms. The standard InChI is InChI=1S/C13H17BF3NO4S/c1-11(2)12(3,4)22-14(21-11)8-6-9(13(15,16)17)10(18-7-8)23(5,19)20/h6-7H,1-5H3. The molecular formula is C13H17BF3NO4S. The summed E-state index contributed by atoms with van der Waals surface area (Å²) < 4.78 is 73.8. The highest BCUT2D eigenvalue weighted by Gasteiger charge is 2.52. The number of hydrogen-bond donors (Lipinski definition) is 0. The van der Waals surface area contributed by atoms with Crippen molar-refractivity contribution in [2.24, 2.45) is 0 Å². The molecule has 10 heteroatoms. The first-order valence-electron chi connectivity index (χ1n) is 6.78. The first-order valence-corrected chi connectivity index (χ1v) is 8.67. The van der Waals surface area contributed by atoms with Gasteiger partial charge in [0.05, 0.1) is 16.8 Å². The molecule has 1 aliphatic heterocycles. The van der Waals surface area contributed by atoms with Gasteiger partial charge in [0.25, 0.3) is 0 Å². The Kier molecular flexibility index (Phi) is 4.11. The van der Waals surface area contributed by atoms with Crippen LogP contribution in [0.1, 0.15) is 33.3 Å². The number of nitrogens with zero attached hydrogens (tertiary/aromatic N) is 1. The first-order chi connectivity index (χ1) is 10.2. The van der Waals surface area contributed by atoms with Crippen LogP contribution in [0.2, 0.25) is 0 Å². The summed E-state index contributed by atoms with van der Waals surface area (Å²) >= 11 is 0. The molecule has 0 aromatic carbocycles. The van der Waals surface area contributed by atoms with E-state index in [-0.39, 0.29) is 5.46 Å². The molecule has 1 aromatic heterocycles. The molecule has 1 fully saturated rings. The number of rotatable bonds is 2. The van der Waals surface area contributed by atoms with Crippen LogP contribution in [0.5, 0.6) is 0 Å². The molecule has 0 amide bonds. The van der Waals surface area contributed by atoms with Crippen LogP contribution in [0.4, 0.5) is 13.2 Å². The van der Waals surface area contributed by atoms with Crippen molar-refractivity contribution < 1.29 is 30.9 Å². The lowest BCUT2D eigenvalue weighted by molar-refractivity contribution is -0.140. The Morgan fingerprint density at radius 1 is 1.13 bits per heavy atom. The summed E-state index contributed by atoms with van der Waals surface area (Å²) in [5, 5.41) is -1.01. The van der Waals surface area contributed by atoms with E-state index in [1.807, 2.05) is 0 Å². The summed E-state index contributed by atoms with van der Waals surface area (Å²) in [7, 11) is -5.17. The largest absolute Gasteiger partial charge is 0.496 e. The van der Waals surface area contributed by atoms with Gasteiger partial charge in [0.1, 0.15) is 0 Å². The van der Waals surface area contributed by atoms with Crippen LogP contribution in [0.25, 0.3) is 0 Å². The molecular weight excluding hydrogens is 334 g/mol. The fraction of sp³-hybridized carbons (Fsp3) is 0.615. The third-order valence-electron chi connectivity index (χ3n) is 4.05. The molecule has 0 radical (unpaired) electrons. The van der Waals surface area contributed by atoms with Gasteiger partial charge in [-0.3, -0.25) is 0 Å². The van der Waals surface area contributed by atoms with E-state index >= 15 is 0 Å². The number of sulfone groups is 1. The van der Waals surface area contributed by atoms with E-state index in [9.17, 15) is 21.6 Å². The normalized spacial score (nSPS) is 20.8. The predicted molar refractivity (Wildman–Crippen MR) is 78.1 cm³/mol. The molecule has 5 nitrogen and oxygen atoms in total. The van der Waals surface area contributed by atoms with Gasteiger partial charge in [-0.05, 0) is 33.8 Å². The van der Waals surface area contributed by atoms with Gasteiger partial charge in [-0.2, -0.15) is 13.2 Å². The van der Waals surface area contributed by atoms with Gasteiger partial charge in [-0.1, -0.05) is 0 Å². The van der Waals surface area contributed by atoms with E-state index in [2.05, 4.69) is 4.98 Å². The monoisotopic (exact) mass is 351 g/mol. The lowest BCUT2D eigenvalue weighted by Crippen LogP contribution is -2.41. The van der Waals surface area contributed by atoms with Crippen molar-refractivity contribution in [3.05, 3.63) is 17.8 Å². The number of alkyl halides is 3. The van der Waals surface area contributed by atoms with Crippen molar-refractivity contribution in [1.82, 2.24) is 4.98 Å². The van der Waals surface area contributed by atoms with E-state index in [1.54, 1.807) is 27.7 Å². The van der Waals surface area contributed by atoms with Crippen molar-refractivity contribution in [3.63, 3.8) is 0 Å². The molecule has 0 atom stereocenters. The SMILES string of the molecule is CC1(C)OB(c2cnc(S(C)(=O)=O)c(C(F)(F)F)c2)OC1(C)C. The predicted octanol–water partition coefficient (Wildman–Crippen LogP) is 1.80. The number of aromatic nitrogens is 1. The summed E-state index contributed by atoms with van der Waals surface area (Å²) in [6.07, 6.45) is -3.14. The Hall–Kier alpha value is -1.13. The molecule has 23 heavy (non-hydrogen) atoms. The molecule has 1 saturated heterocycles. The van der Waals surface area contributed by atoms with E-state index in [4.69, 9.17) is 9.31 Å². The summed E-state index contributed by atoms with van der Waals surface area (Å²) in [5.74, 6) is 0. The summed E-state index contributed by atoms with van der Waals surface area (Å²) in [6, 6.07) is 0.714. The maximum Gasteiger partial charge on any atom is 0.496 e. The lowest BCUT2D eigenvalue weighted by Gasteiger charge is -2.32. The fourth-order valence-electron chi connectivity index (χ4n) is 2.07. The fourth-order valence-corrected chi connectivity index (χ4v) is 2.89. The number of pyridine rings is 1. The minimum atomic E-state index is -4.86. The minimum Gasteiger partial charge on any atom is -0.399 e. The van der Waals surface area contributed by atoms with E-state index in [0.717, 1.165) is 6.20 Å². The molecule has 128 valence electrons. The average Bonchev–Trinajstić information content (AvgIpc) is 2.55. The van der Waals surface area contributed by atoms with Crippen molar-refractivity contribution in [3.8, 4) is 0 Å². The molecule has 1 aromatic rings. The number of hydrogen-bond acceptors (Lipinski definition) is 5. The van der Waals surface area contributed by atoms with Crippen molar-refractivity contribution >= 4 is 22.4 Å². The number of halogens is 3. The van der Waals surface area contributed by atoms with Crippen molar-refractivity contribution in [1.29, 1.82) is 0 Å². The summed E-state index contributed by atoms with van der Waals surface area (Å²) in [4.78, 5) is 3.49. The van der Waals surface area contributed by atoms with Crippen LogP contribution in [0.3, 0.4) is 0 Å². The second-order valence-corrected chi connectivity index (χ2v) is 8.41. The third kappa shape index (κ3) is 3.38. The maximum absolute atomic E-state index is 13.2. The van der Waals surface area contributed by atoms with Crippen LogP contribution >= 0.6 is 0 Å². The molecule has 0 spiro atoms. The van der Waals surface area contributed by atoms with Crippen molar-refractivity contribution in [2.45, 2.75) is 50.1 Å². The van der Waals surface area contributed by atoms with E-state index in [0.29, 0.717) is 12.3 Å². The molecule has 1 aliphatic rings. The zero-order valence-electron chi connectivity index (χ0n) is 13.4. The van der Waals surface area contributed by atoms with Gasteiger partial charge in [-0.15, -0.1) is 0 Å². The Bertz CT molecular complexity index is 715. The zero-order valence-corrected chi connectivity index (χ0v) is 14.2. The van der Waals surface area contributed by atoms with Crippen LogP contribution < -0.4 is 5.46 Å². The maximum atomic E-state index is 13.2. The minimum absolute atomic E-state index is 0.0170. The molecule has 0 N–H and O–H groups in total. The highest BCUT2D eigenvalue weighted by molar-refractivity contribution is 7.90. The smallest absolute Gasteiger partial charge is 0.399 e. The van der Waals surface area contributed by atoms with Crippen molar-refractivity contribution in [2.75, 3.05) is 6.26 Å². The topological polar surface area (TPSA) is 65.5 Å². The first kappa shape index (κ1) is 18.2. The van der Waals surface area contributed by atoms with Gasteiger partial charge >= 0.3 is 13.3 Å². The highest BCUT2D eigenvalue weighted by atomic mass is 32.2. The molecule has 0 aliphatic carbocycles. The van der Waals surface area contributed by atoms with Gasteiger partial charge in [0.15, 0.2) is 14.9 Å². The van der Waals surface area contributed by atoms with Gasteiger partial charge in [0, 0.05) is 17.9 Å². The summed E-state index contributed by atoms with van der Waals surface area (Å²) in [6.45, 7) is 7.04. The van der Waals surface area contributed by atoms with E-state index < -0.39 is 44.9 Å². The van der Waals surface area contributed by atoms with Crippen LogP contribution in [-0.2, 0) is 25.3 Å². The average molecular weight is 351 g/mol. The Morgan fingerprint density at radius 3 is 2.00 bits per heavy atom. The Balaban J connectivity index is 2.52. The van der Waals surface area contributed by atoms with E-state index in [1.165, 1.54) is 0 Å². The molecule has 0 saturated carbocycles.